The molecule has 0 spiro atoms. The molecule has 0 aliphatic heterocycles. The Balaban J connectivity index is 1.26. The third-order valence-electron chi connectivity index (χ3n) is 10.9. The molecule has 2 aromatic heterocycles. The Labute approximate surface area is 300 Å². The normalized spacial score (nSPS) is 13.2. The molecule has 0 N–H and O–H groups in total. The van der Waals surface area contributed by atoms with Gasteiger partial charge in [-0.3, -0.25) is 0 Å². The minimum Gasteiger partial charge on any atom is -0.456 e. The average molecular weight is 666 g/mol. The summed E-state index contributed by atoms with van der Waals surface area (Å²) in [6.07, 6.45) is 0. The number of furan rings is 2. The van der Waals surface area contributed by atoms with E-state index in [1.165, 1.54) is 33.4 Å². The van der Waals surface area contributed by atoms with Crippen molar-refractivity contribution in [2.24, 2.45) is 0 Å². The molecule has 3 heteroatoms. The Morgan fingerprint density at radius 3 is 1.71 bits per heavy atom. The minimum absolute atomic E-state index is 0.524. The van der Waals surface area contributed by atoms with Crippen molar-refractivity contribution in [1.82, 2.24) is 0 Å². The quantitative estimate of drug-likeness (QED) is 0.183. The van der Waals surface area contributed by atoms with Gasteiger partial charge in [0.15, 0.2) is 5.58 Å². The van der Waals surface area contributed by atoms with Crippen LogP contribution >= 0.6 is 0 Å². The highest BCUT2D eigenvalue weighted by Gasteiger charge is 2.47. The van der Waals surface area contributed by atoms with E-state index in [1.807, 2.05) is 18.2 Å². The standard InChI is InChI=1S/C49H31NO2/c1-3-15-32(16-4-1)49(33-17-5-2-6-18-33)40-23-10-7-21-39(40)47-41(49)24-14-25-42(47)50(34-29-30-37-35-19-8-11-27-44(35)51-46(37)31-34)43-26-13-22-38-36-20-9-12-28-45(36)52-48(38)43/h1-31H. The van der Waals surface area contributed by atoms with Crippen LogP contribution in [0.4, 0.5) is 17.1 Å². The van der Waals surface area contributed by atoms with Gasteiger partial charge in [0.2, 0.25) is 0 Å². The van der Waals surface area contributed by atoms with Gasteiger partial charge in [0, 0.05) is 33.2 Å². The molecule has 52 heavy (non-hydrogen) atoms. The highest BCUT2D eigenvalue weighted by molar-refractivity contribution is 6.12. The Morgan fingerprint density at radius 1 is 0.385 bits per heavy atom. The maximum absolute atomic E-state index is 6.75. The van der Waals surface area contributed by atoms with Gasteiger partial charge in [0.25, 0.3) is 0 Å². The Hall–Kier alpha value is -6.84. The summed E-state index contributed by atoms with van der Waals surface area (Å²) in [5.74, 6) is 0. The second-order valence-corrected chi connectivity index (χ2v) is 13.6. The van der Waals surface area contributed by atoms with Crippen LogP contribution in [0.15, 0.2) is 197 Å². The number of hydrogen-bond donors (Lipinski definition) is 0. The molecular weight excluding hydrogens is 635 g/mol. The number of para-hydroxylation sites is 3. The van der Waals surface area contributed by atoms with Crippen LogP contribution in [0.25, 0.3) is 55.0 Å². The fourth-order valence-electron chi connectivity index (χ4n) is 8.83. The average Bonchev–Trinajstić information content (AvgIpc) is 3.88. The van der Waals surface area contributed by atoms with Crippen LogP contribution < -0.4 is 4.90 Å². The number of anilines is 3. The monoisotopic (exact) mass is 665 g/mol. The number of fused-ring (bicyclic) bond motifs is 9. The molecule has 11 rings (SSSR count). The lowest BCUT2D eigenvalue weighted by Crippen LogP contribution is -2.28. The van der Waals surface area contributed by atoms with E-state index < -0.39 is 5.41 Å². The highest BCUT2D eigenvalue weighted by Crippen LogP contribution is 2.60. The summed E-state index contributed by atoms with van der Waals surface area (Å²) in [5, 5.41) is 4.39. The molecule has 0 amide bonds. The van der Waals surface area contributed by atoms with Gasteiger partial charge in [0.05, 0.1) is 22.5 Å². The zero-order valence-corrected chi connectivity index (χ0v) is 28.2. The third kappa shape index (κ3) is 3.96. The molecule has 0 fully saturated rings. The molecule has 0 saturated heterocycles. The maximum Gasteiger partial charge on any atom is 0.159 e. The Morgan fingerprint density at radius 2 is 0.942 bits per heavy atom. The van der Waals surface area contributed by atoms with Crippen LogP contribution in [0, 0.1) is 0 Å². The molecule has 0 saturated carbocycles. The highest BCUT2D eigenvalue weighted by atomic mass is 16.3. The van der Waals surface area contributed by atoms with Crippen molar-refractivity contribution < 1.29 is 8.83 Å². The number of hydrogen-bond acceptors (Lipinski definition) is 3. The molecule has 0 radical (unpaired) electrons. The van der Waals surface area contributed by atoms with Gasteiger partial charge in [-0.1, -0.05) is 146 Å². The summed E-state index contributed by atoms with van der Waals surface area (Å²) < 4.78 is 13.2. The van der Waals surface area contributed by atoms with Gasteiger partial charge in [-0.15, -0.1) is 0 Å². The molecule has 0 bridgehead atoms. The molecule has 1 aliphatic rings. The van der Waals surface area contributed by atoms with Crippen molar-refractivity contribution >= 4 is 60.9 Å². The summed E-state index contributed by atoms with van der Waals surface area (Å²) in [4.78, 5) is 2.37. The molecule has 0 unspecified atom stereocenters. The molecular formula is C49H31NO2. The van der Waals surface area contributed by atoms with Crippen LogP contribution in [0.3, 0.4) is 0 Å². The van der Waals surface area contributed by atoms with Gasteiger partial charge in [0.1, 0.15) is 16.7 Å². The fourth-order valence-corrected chi connectivity index (χ4v) is 8.83. The summed E-state index contributed by atoms with van der Waals surface area (Å²) >= 11 is 0. The zero-order chi connectivity index (χ0) is 34.2. The van der Waals surface area contributed by atoms with Crippen molar-refractivity contribution in [3.8, 4) is 11.1 Å². The fraction of sp³-hybridized carbons (Fsp3) is 0.0204. The molecule has 8 aromatic carbocycles. The second kappa shape index (κ2) is 11.1. The van der Waals surface area contributed by atoms with E-state index in [1.54, 1.807) is 0 Å². The first-order chi connectivity index (χ1) is 25.8. The van der Waals surface area contributed by atoms with Crippen molar-refractivity contribution in [3.63, 3.8) is 0 Å². The minimum atomic E-state index is -0.524. The lowest BCUT2D eigenvalue weighted by molar-refractivity contribution is 0.667. The van der Waals surface area contributed by atoms with Crippen molar-refractivity contribution in [2.45, 2.75) is 5.41 Å². The van der Waals surface area contributed by atoms with Crippen molar-refractivity contribution in [2.75, 3.05) is 4.90 Å². The van der Waals surface area contributed by atoms with E-state index in [0.717, 1.165) is 60.9 Å². The zero-order valence-electron chi connectivity index (χ0n) is 28.2. The number of nitrogens with zero attached hydrogens (tertiary/aromatic N) is 1. The van der Waals surface area contributed by atoms with Crippen molar-refractivity contribution in [1.29, 1.82) is 0 Å². The van der Waals surface area contributed by atoms with E-state index in [2.05, 4.69) is 175 Å². The van der Waals surface area contributed by atoms with E-state index in [9.17, 15) is 0 Å². The third-order valence-corrected chi connectivity index (χ3v) is 10.9. The van der Waals surface area contributed by atoms with E-state index in [0.29, 0.717) is 0 Å². The van der Waals surface area contributed by atoms with Crippen LogP contribution in [0.1, 0.15) is 22.3 Å². The second-order valence-electron chi connectivity index (χ2n) is 13.6. The van der Waals surface area contributed by atoms with Gasteiger partial charge in [-0.2, -0.15) is 0 Å². The summed E-state index contributed by atoms with van der Waals surface area (Å²) in [7, 11) is 0. The molecule has 10 aromatic rings. The molecule has 244 valence electrons. The summed E-state index contributed by atoms with van der Waals surface area (Å²) in [6.45, 7) is 0. The van der Waals surface area contributed by atoms with Gasteiger partial charge in [-0.25, -0.2) is 0 Å². The van der Waals surface area contributed by atoms with Crippen LogP contribution in [-0.4, -0.2) is 0 Å². The molecule has 0 atom stereocenters. The Kier molecular flexibility index (Phi) is 6.17. The predicted octanol–water partition coefficient (Wildman–Crippen LogP) is 13.3. The van der Waals surface area contributed by atoms with Crippen LogP contribution in [0.5, 0.6) is 0 Å². The Bertz CT molecular complexity index is 2930. The first kappa shape index (κ1) is 28.9. The summed E-state index contributed by atoms with van der Waals surface area (Å²) in [6, 6.07) is 67.2. The van der Waals surface area contributed by atoms with Gasteiger partial charge in [-0.05, 0) is 64.2 Å². The molecule has 2 heterocycles. The van der Waals surface area contributed by atoms with Crippen molar-refractivity contribution in [3.05, 3.63) is 210 Å². The van der Waals surface area contributed by atoms with Crippen LogP contribution in [-0.2, 0) is 5.41 Å². The smallest absolute Gasteiger partial charge is 0.159 e. The van der Waals surface area contributed by atoms with Gasteiger partial charge < -0.3 is 13.7 Å². The summed E-state index contributed by atoms with van der Waals surface area (Å²) in [5.41, 5.74) is 13.3. The molecule has 1 aliphatic carbocycles. The number of rotatable bonds is 5. The predicted molar refractivity (Wildman–Crippen MR) is 213 cm³/mol. The topological polar surface area (TPSA) is 29.5 Å². The van der Waals surface area contributed by atoms with E-state index >= 15 is 0 Å². The maximum atomic E-state index is 6.75. The first-order valence-corrected chi connectivity index (χ1v) is 17.8. The van der Waals surface area contributed by atoms with E-state index in [-0.39, 0.29) is 0 Å². The number of benzene rings is 8. The SMILES string of the molecule is c1ccc(C2(c3ccccc3)c3ccccc3-c3c(N(c4ccc5c(c4)oc4ccccc45)c4cccc5c4oc4ccccc45)cccc32)cc1. The van der Waals surface area contributed by atoms with E-state index in [4.69, 9.17) is 8.83 Å². The van der Waals surface area contributed by atoms with Gasteiger partial charge >= 0.3 is 0 Å². The largest absolute Gasteiger partial charge is 0.456 e. The first-order valence-electron chi connectivity index (χ1n) is 17.8. The lowest BCUT2D eigenvalue weighted by Gasteiger charge is -2.34. The molecule has 3 nitrogen and oxygen atoms in total. The lowest BCUT2D eigenvalue weighted by atomic mass is 9.68. The van der Waals surface area contributed by atoms with Crippen LogP contribution in [0.2, 0.25) is 0 Å².